The number of rotatable bonds is 3. The second kappa shape index (κ2) is 5.09. The predicted octanol–water partition coefficient (Wildman–Crippen LogP) is 4.69. The van der Waals surface area contributed by atoms with E-state index in [0.717, 1.165) is 16.9 Å². The number of hydrogen-bond acceptors (Lipinski definition) is 1. The minimum Gasteiger partial charge on any atom is -0.356 e. The maximum Gasteiger partial charge on any atom is 0.0385 e. The van der Waals surface area contributed by atoms with Gasteiger partial charge in [0.05, 0.1) is 0 Å². The molecule has 0 aliphatic rings. The van der Waals surface area contributed by atoms with E-state index in [1.54, 1.807) is 0 Å². The van der Waals surface area contributed by atoms with E-state index in [9.17, 15) is 0 Å². The zero-order chi connectivity index (χ0) is 13.1. The molecule has 92 valence electrons. The second-order valence-electron chi connectivity index (χ2n) is 4.85. The Kier molecular flexibility index (Phi) is 3.52. The highest BCUT2D eigenvalue weighted by molar-refractivity contribution is 5.75. The molecule has 0 atom stereocenters. The number of nitrogens with one attached hydrogen (secondary N) is 1. The number of anilines is 1. The van der Waals surface area contributed by atoms with E-state index >= 15 is 0 Å². The Morgan fingerprint density at radius 3 is 1.94 bits per heavy atom. The summed E-state index contributed by atoms with van der Waals surface area (Å²) in [5.41, 5.74) is 6.94. The van der Waals surface area contributed by atoms with Gasteiger partial charge in [0.2, 0.25) is 0 Å². The fourth-order valence-corrected chi connectivity index (χ4v) is 2.03. The first-order valence-electron chi connectivity index (χ1n) is 6.16. The van der Waals surface area contributed by atoms with Crippen molar-refractivity contribution in [1.82, 2.24) is 0 Å². The highest BCUT2D eigenvalue weighted by Gasteiger charge is 2.01. The average molecular weight is 237 g/mol. The standard InChI is InChI=1S/C17H19N/c1-12-5-7-17(8-6-12)18-15(4)16-10-13(2)9-14(3)11-16/h5-11,18H,4H2,1-3H3. The lowest BCUT2D eigenvalue weighted by Gasteiger charge is -2.11. The molecule has 0 amide bonds. The van der Waals surface area contributed by atoms with E-state index in [4.69, 9.17) is 0 Å². The van der Waals surface area contributed by atoms with Gasteiger partial charge in [0.25, 0.3) is 0 Å². The van der Waals surface area contributed by atoms with Gasteiger partial charge in [-0.1, -0.05) is 41.5 Å². The van der Waals surface area contributed by atoms with Crippen LogP contribution in [0.25, 0.3) is 5.70 Å². The molecule has 0 saturated heterocycles. The van der Waals surface area contributed by atoms with E-state index in [0.29, 0.717) is 0 Å². The maximum absolute atomic E-state index is 4.11. The van der Waals surface area contributed by atoms with Gasteiger partial charge in [-0.3, -0.25) is 0 Å². The summed E-state index contributed by atoms with van der Waals surface area (Å²) in [6.45, 7) is 10.4. The number of hydrogen-bond donors (Lipinski definition) is 1. The summed E-state index contributed by atoms with van der Waals surface area (Å²) in [5.74, 6) is 0. The molecule has 0 unspecified atom stereocenters. The van der Waals surface area contributed by atoms with Crippen molar-refractivity contribution >= 4 is 11.4 Å². The molecule has 1 N–H and O–H groups in total. The molecular formula is C17H19N. The second-order valence-corrected chi connectivity index (χ2v) is 4.85. The Balaban J connectivity index is 2.19. The summed E-state index contributed by atoms with van der Waals surface area (Å²) < 4.78 is 0. The van der Waals surface area contributed by atoms with Gasteiger partial charge in [0.1, 0.15) is 0 Å². The molecule has 1 heteroatoms. The van der Waals surface area contributed by atoms with Crippen LogP contribution in [-0.4, -0.2) is 0 Å². The fourth-order valence-electron chi connectivity index (χ4n) is 2.03. The van der Waals surface area contributed by atoms with Gasteiger partial charge < -0.3 is 5.32 Å². The smallest absolute Gasteiger partial charge is 0.0385 e. The molecule has 18 heavy (non-hydrogen) atoms. The van der Waals surface area contributed by atoms with Gasteiger partial charge in [-0.2, -0.15) is 0 Å². The summed E-state index contributed by atoms with van der Waals surface area (Å²) in [5, 5.41) is 3.35. The molecule has 0 spiro atoms. The first-order chi connectivity index (χ1) is 8.54. The lowest BCUT2D eigenvalue weighted by Crippen LogP contribution is -1.98. The van der Waals surface area contributed by atoms with E-state index in [1.807, 2.05) is 0 Å². The summed E-state index contributed by atoms with van der Waals surface area (Å²) in [4.78, 5) is 0. The van der Waals surface area contributed by atoms with Crippen molar-refractivity contribution in [2.24, 2.45) is 0 Å². The van der Waals surface area contributed by atoms with Crippen LogP contribution in [0.5, 0.6) is 0 Å². The topological polar surface area (TPSA) is 12.0 Å². The molecule has 0 aromatic heterocycles. The Hall–Kier alpha value is -2.02. The van der Waals surface area contributed by atoms with Crippen LogP contribution in [0.15, 0.2) is 49.0 Å². The lowest BCUT2D eigenvalue weighted by molar-refractivity contribution is 1.36. The number of aryl methyl sites for hydroxylation is 3. The van der Waals surface area contributed by atoms with Gasteiger partial charge in [-0.05, 0) is 50.6 Å². The molecule has 0 bridgehead atoms. The van der Waals surface area contributed by atoms with Crippen molar-refractivity contribution in [3.63, 3.8) is 0 Å². The molecule has 0 radical (unpaired) electrons. The maximum atomic E-state index is 4.11. The molecule has 0 aliphatic heterocycles. The van der Waals surface area contributed by atoms with Crippen LogP contribution in [0.2, 0.25) is 0 Å². The first-order valence-corrected chi connectivity index (χ1v) is 6.16. The van der Waals surface area contributed by atoms with Crippen LogP contribution >= 0.6 is 0 Å². The molecular weight excluding hydrogens is 218 g/mol. The van der Waals surface area contributed by atoms with Crippen molar-refractivity contribution in [2.45, 2.75) is 20.8 Å². The lowest BCUT2D eigenvalue weighted by atomic mass is 10.1. The summed E-state index contributed by atoms with van der Waals surface area (Å²) >= 11 is 0. The van der Waals surface area contributed by atoms with Crippen molar-refractivity contribution in [3.8, 4) is 0 Å². The molecule has 0 saturated carbocycles. The van der Waals surface area contributed by atoms with Crippen molar-refractivity contribution in [3.05, 3.63) is 71.3 Å². The van der Waals surface area contributed by atoms with E-state index in [2.05, 4.69) is 75.1 Å². The van der Waals surface area contributed by atoms with Crippen molar-refractivity contribution < 1.29 is 0 Å². The zero-order valence-electron chi connectivity index (χ0n) is 11.2. The summed E-state index contributed by atoms with van der Waals surface area (Å²) in [6, 6.07) is 14.8. The normalized spacial score (nSPS) is 10.2. The highest BCUT2D eigenvalue weighted by atomic mass is 14.9. The van der Waals surface area contributed by atoms with Gasteiger partial charge in [-0.25, -0.2) is 0 Å². The summed E-state index contributed by atoms with van der Waals surface area (Å²) in [7, 11) is 0. The Labute approximate surface area is 109 Å². The quantitative estimate of drug-likeness (QED) is 0.816. The van der Waals surface area contributed by atoms with Gasteiger partial charge in [0.15, 0.2) is 0 Å². The van der Waals surface area contributed by atoms with Gasteiger partial charge in [-0.15, -0.1) is 0 Å². The first kappa shape index (κ1) is 12.4. The highest BCUT2D eigenvalue weighted by Crippen LogP contribution is 2.19. The van der Waals surface area contributed by atoms with E-state index < -0.39 is 0 Å². The van der Waals surface area contributed by atoms with Crippen molar-refractivity contribution in [1.29, 1.82) is 0 Å². The van der Waals surface area contributed by atoms with Crippen LogP contribution in [0, 0.1) is 20.8 Å². The molecule has 2 aromatic rings. The van der Waals surface area contributed by atoms with Crippen LogP contribution in [0.3, 0.4) is 0 Å². The third kappa shape index (κ3) is 3.01. The van der Waals surface area contributed by atoms with Crippen LogP contribution in [-0.2, 0) is 0 Å². The third-order valence-electron chi connectivity index (χ3n) is 2.92. The SMILES string of the molecule is C=C(Nc1ccc(C)cc1)c1cc(C)cc(C)c1. The van der Waals surface area contributed by atoms with Gasteiger partial charge in [0, 0.05) is 11.4 Å². The summed E-state index contributed by atoms with van der Waals surface area (Å²) in [6.07, 6.45) is 0. The molecule has 0 fully saturated rings. The molecule has 0 heterocycles. The van der Waals surface area contributed by atoms with Gasteiger partial charge >= 0.3 is 0 Å². The Morgan fingerprint density at radius 1 is 0.833 bits per heavy atom. The van der Waals surface area contributed by atoms with Crippen LogP contribution in [0.1, 0.15) is 22.3 Å². The molecule has 1 nitrogen and oxygen atoms in total. The van der Waals surface area contributed by atoms with Crippen molar-refractivity contribution in [2.75, 3.05) is 5.32 Å². The largest absolute Gasteiger partial charge is 0.356 e. The monoisotopic (exact) mass is 237 g/mol. The van der Waals surface area contributed by atoms with Crippen LogP contribution in [0.4, 0.5) is 5.69 Å². The van der Waals surface area contributed by atoms with E-state index in [-0.39, 0.29) is 0 Å². The van der Waals surface area contributed by atoms with E-state index in [1.165, 1.54) is 16.7 Å². The molecule has 2 aromatic carbocycles. The Bertz CT molecular complexity index is 544. The third-order valence-corrected chi connectivity index (χ3v) is 2.92. The molecule has 2 rings (SSSR count). The zero-order valence-corrected chi connectivity index (χ0v) is 11.2. The minimum atomic E-state index is 0.936. The van der Waals surface area contributed by atoms with Crippen LogP contribution < -0.4 is 5.32 Å². The number of benzene rings is 2. The average Bonchev–Trinajstić information content (AvgIpc) is 2.31. The Morgan fingerprint density at radius 2 is 1.39 bits per heavy atom. The fraction of sp³-hybridized carbons (Fsp3) is 0.176. The molecule has 0 aliphatic carbocycles. The predicted molar refractivity (Wildman–Crippen MR) is 79.8 cm³/mol. The minimum absolute atomic E-state index is 0.936.